The summed E-state index contributed by atoms with van der Waals surface area (Å²) in [5.74, 6) is -0.112. The lowest BCUT2D eigenvalue weighted by Gasteiger charge is -2.05. The van der Waals surface area contributed by atoms with Gasteiger partial charge in [-0.3, -0.25) is 9.48 Å². The van der Waals surface area contributed by atoms with Gasteiger partial charge in [-0.25, -0.2) is 4.98 Å². The van der Waals surface area contributed by atoms with E-state index in [1.807, 2.05) is 19.9 Å². The normalized spacial score (nSPS) is 10.6. The van der Waals surface area contributed by atoms with Crippen LogP contribution in [0.2, 0.25) is 0 Å². The zero-order chi connectivity index (χ0) is 13.0. The first-order valence-corrected chi connectivity index (χ1v) is 6.06. The van der Waals surface area contributed by atoms with Gasteiger partial charge in [-0.1, -0.05) is 6.92 Å². The second-order valence-electron chi connectivity index (χ2n) is 3.95. The lowest BCUT2D eigenvalue weighted by molar-refractivity contribution is 0.0940. The largest absolute Gasteiger partial charge is 0.347 e. The van der Waals surface area contributed by atoms with E-state index in [4.69, 9.17) is 0 Å². The quantitative estimate of drug-likeness (QED) is 0.831. The molecular formula is C12H17N5O. The Balaban J connectivity index is 2.06. The van der Waals surface area contributed by atoms with Crippen LogP contribution in [0.4, 0.5) is 0 Å². The number of aromatic amines is 1. The second kappa shape index (κ2) is 5.48. The average molecular weight is 247 g/mol. The van der Waals surface area contributed by atoms with Crippen LogP contribution in [-0.4, -0.2) is 25.7 Å². The van der Waals surface area contributed by atoms with Crippen LogP contribution in [0.1, 0.15) is 35.7 Å². The predicted octanol–water partition coefficient (Wildman–Crippen LogP) is 1.12. The van der Waals surface area contributed by atoms with E-state index in [0.29, 0.717) is 18.8 Å². The number of hydrogen-bond acceptors (Lipinski definition) is 3. The molecule has 0 aliphatic rings. The minimum atomic E-state index is -0.112. The van der Waals surface area contributed by atoms with E-state index in [0.717, 1.165) is 17.8 Å². The van der Waals surface area contributed by atoms with Gasteiger partial charge in [0.05, 0.1) is 24.3 Å². The van der Waals surface area contributed by atoms with Crippen molar-refractivity contribution in [2.75, 3.05) is 0 Å². The van der Waals surface area contributed by atoms with E-state index in [-0.39, 0.29) is 5.91 Å². The third kappa shape index (κ3) is 2.58. The van der Waals surface area contributed by atoms with Crippen molar-refractivity contribution in [3.63, 3.8) is 0 Å². The number of H-pyrrole nitrogens is 1. The first kappa shape index (κ1) is 12.3. The molecule has 0 saturated heterocycles. The van der Waals surface area contributed by atoms with Crippen molar-refractivity contribution < 1.29 is 4.79 Å². The molecule has 2 heterocycles. The van der Waals surface area contributed by atoms with Gasteiger partial charge < -0.3 is 10.3 Å². The number of amides is 1. The number of aryl methyl sites for hydroxylation is 2. The van der Waals surface area contributed by atoms with Crippen LogP contribution in [0, 0.1) is 0 Å². The molecule has 0 aliphatic carbocycles. The zero-order valence-electron chi connectivity index (χ0n) is 10.6. The van der Waals surface area contributed by atoms with Crippen molar-refractivity contribution in [2.24, 2.45) is 0 Å². The van der Waals surface area contributed by atoms with E-state index < -0.39 is 0 Å². The van der Waals surface area contributed by atoms with Crippen molar-refractivity contribution in [3.8, 4) is 0 Å². The highest BCUT2D eigenvalue weighted by molar-refractivity contribution is 5.92. The van der Waals surface area contributed by atoms with Crippen LogP contribution in [0.5, 0.6) is 0 Å². The molecule has 0 unspecified atom stereocenters. The summed E-state index contributed by atoms with van der Waals surface area (Å²) in [6, 6.07) is 1.84. The minimum absolute atomic E-state index is 0.112. The fourth-order valence-corrected chi connectivity index (χ4v) is 1.71. The summed E-state index contributed by atoms with van der Waals surface area (Å²) >= 11 is 0. The van der Waals surface area contributed by atoms with Crippen LogP contribution in [0.3, 0.4) is 0 Å². The Morgan fingerprint density at radius 2 is 2.33 bits per heavy atom. The van der Waals surface area contributed by atoms with Gasteiger partial charge in [0.15, 0.2) is 0 Å². The van der Waals surface area contributed by atoms with E-state index in [9.17, 15) is 4.79 Å². The van der Waals surface area contributed by atoms with Crippen LogP contribution < -0.4 is 5.32 Å². The van der Waals surface area contributed by atoms with E-state index >= 15 is 0 Å². The van der Waals surface area contributed by atoms with Crippen LogP contribution in [-0.2, 0) is 19.5 Å². The van der Waals surface area contributed by atoms with Gasteiger partial charge in [0.1, 0.15) is 5.69 Å². The fraction of sp³-hybridized carbons (Fsp3) is 0.417. The molecule has 0 spiro atoms. The lowest BCUT2D eigenvalue weighted by atomic mass is 10.3. The molecule has 0 aliphatic heterocycles. The molecule has 0 saturated carbocycles. The summed E-state index contributed by atoms with van der Waals surface area (Å²) in [5, 5.41) is 7.19. The number of rotatable bonds is 5. The highest BCUT2D eigenvalue weighted by atomic mass is 16.2. The Kier molecular flexibility index (Phi) is 3.76. The molecule has 1 amide bonds. The lowest BCUT2D eigenvalue weighted by Crippen LogP contribution is -2.25. The Labute approximate surface area is 105 Å². The van der Waals surface area contributed by atoms with E-state index in [1.54, 1.807) is 17.2 Å². The summed E-state index contributed by atoms with van der Waals surface area (Å²) in [7, 11) is 0. The molecule has 0 atom stereocenters. The maximum absolute atomic E-state index is 12.0. The summed E-state index contributed by atoms with van der Waals surface area (Å²) in [5.41, 5.74) is 2.42. The molecule has 6 nitrogen and oxygen atoms in total. The summed E-state index contributed by atoms with van der Waals surface area (Å²) in [6.45, 7) is 5.12. The second-order valence-corrected chi connectivity index (χ2v) is 3.95. The topological polar surface area (TPSA) is 75.6 Å². The Hall–Kier alpha value is -2.11. The number of hydrogen-bond donors (Lipinski definition) is 2. The van der Waals surface area contributed by atoms with Gasteiger partial charge in [0.25, 0.3) is 5.91 Å². The molecule has 18 heavy (non-hydrogen) atoms. The molecule has 0 radical (unpaired) electrons. The van der Waals surface area contributed by atoms with Gasteiger partial charge in [-0.15, -0.1) is 0 Å². The third-order valence-corrected chi connectivity index (χ3v) is 2.72. The molecule has 2 aromatic heterocycles. The number of nitrogens with zero attached hydrogens (tertiary/aromatic N) is 3. The molecule has 6 heteroatoms. The molecule has 0 bridgehead atoms. The average Bonchev–Trinajstić information content (AvgIpc) is 3.04. The molecule has 0 aromatic carbocycles. The number of imidazole rings is 1. The molecule has 0 fully saturated rings. The number of carbonyl (C=O) groups excluding carboxylic acids is 1. The van der Waals surface area contributed by atoms with E-state index in [1.165, 1.54) is 0 Å². The van der Waals surface area contributed by atoms with Gasteiger partial charge in [-0.05, 0) is 19.4 Å². The maximum Gasteiger partial charge on any atom is 0.269 e. The van der Waals surface area contributed by atoms with Gasteiger partial charge in [-0.2, -0.15) is 5.10 Å². The number of carbonyl (C=O) groups is 1. The molecule has 96 valence electrons. The van der Waals surface area contributed by atoms with Gasteiger partial charge >= 0.3 is 0 Å². The Morgan fingerprint density at radius 3 is 2.94 bits per heavy atom. The van der Waals surface area contributed by atoms with Gasteiger partial charge in [0.2, 0.25) is 0 Å². The number of nitrogens with one attached hydrogen (secondary N) is 2. The first-order chi connectivity index (χ1) is 8.74. The maximum atomic E-state index is 12.0. The van der Waals surface area contributed by atoms with Crippen LogP contribution in [0.25, 0.3) is 0 Å². The monoisotopic (exact) mass is 247 g/mol. The summed E-state index contributed by atoms with van der Waals surface area (Å²) in [4.78, 5) is 18.9. The number of aromatic nitrogens is 4. The highest BCUT2D eigenvalue weighted by Gasteiger charge is 2.13. The predicted molar refractivity (Wildman–Crippen MR) is 67.0 cm³/mol. The third-order valence-electron chi connectivity index (χ3n) is 2.72. The first-order valence-electron chi connectivity index (χ1n) is 6.06. The van der Waals surface area contributed by atoms with Crippen molar-refractivity contribution >= 4 is 5.91 Å². The summed E-state index contributed by atoms with van der Waals surface area (Å²) in [6.07, 6.45) is 4.11. The highest BCUT2D eigenvalue weighted by Crippen LogP contribution is 2.06. The Morgan fingerprint density at radius 1 is 1.50 bits per heavy atom. The molecule has 2 aromatic rings. The Bertz CT molecular complexity index is 515. The van der Waals surface area contributed by atoms with E-state index in [2.05, 4.69) is 20.4 Å². The van der Waals surface area contributed by atoms with Crippen LogP contribution in [0.15, 0.2) is 18.6 Å². The van der Waals surface area contributed by atoms with Gasteiger partial charge in [0, 0.05) is 12.7 Å². The van der Waals surface area contributed by atoms with Crippen molar-refractivity contribution in [1.82, 2.24) is 25.1 Å². The molecular weight excluding hydrogens is 230 g/mol. The molecule has 2 rings (SSSR count). The summed E-state index contributed by atoms with van der Waals surface area (Å²) < 4.78 is 1.72. The van der Waals surface area contributed by atoms with Crippen LogP contribution >= 0.6 is 0 Å². The zero-order valence-corrected chi connectivity index (χ0v) is 10.6. The van der Waals surface area contributed by atoms with Crippen molar-refractivity contribution in [3.05, 3.63) is 35.7 Å². The minimum Gasteiger partial charge on any atom is -0.347 e. The SMILES string of the molecule is CCc1cc(C(=O)NCc2cnc[nH]2)n(CC)n1. The molecule has 2 N–H and O–H groups in total. The fourth-order valence-electron chi connectivity index (χ4n) is 1.71. The van der Waals surface area contributed by atoms with Crippen molar-refractivity contribution in [1.29, 1.82) is 0 Å². The smallest absolute Gasteiger partial charge is 0.269 e. The standard InChI is InChI=1S/C12H17N5O/c1-3-9-5-11(17(4-2)16-9)12(18)14-7-10-6-13-8-15-10/h5-6,8H,3-4,7H2,1-2H3,(H,13,15)(H,14,18). The van der Waals surface area contributed by atoms with Crippen molar-refractivity contribution in [2.45, 2.75) is 33.4 Å².